The predicted octanol–water partition coefficient (Wildman–Crippen LogP) is 4.85. The average Bonchev–Trinajstić information content (AvgIpc) is 3.13. The van der Waals surface area contributed by atoms with Crippen LogP contribution in [0, 0.1) is 13.8 Å². The highest BCUT2D eigenvalue weighted by molar-refractivity contribution is 5.75. The molecular formula is C23H22N4. The summed E-state index contributed by atoms with van der Waals surface area (Å²) in [6.45, 7) is 6.08. The zero-order valence-electron chi connectivity index (χ0n) is 15.6. The molecule has 0 atom stereocenters. The van der Waals surface area contributed by atoms with Gasteiger partial charge in [-0.15, -0.1) is 0 Å². The first-order valence-corrected chi connectivity index (χ1v) is 9.11. The van der Waals surface area contributed by atoms with Crippen LogP contribution in [-0.2, 0) is 13.1 Å². The lowest BCUT2D eigenvalue weighted by Gasteiger charge is -2.17. The number of aromatic nitrogens is 3. The molecule has 0 bridgehead atoms. The maximum Gasteiger partial charge on any atom is 0.125 e. The van der Waals surface area contributed by atoms with Gasteiger partial charge >= 0.3 is 0 Å². The lowest BCUT2D eigenvalue weighted by Crippen LogP contribution is -2.14. The minimum atomic E-state index is 0.783. The lowest BCUT2D eigenvalue weighted by molar-refractivity contribution is 0.880. The molecule has 0 amide bonds. The molecule has 2 aromatic carbocycles. The molecule has 2 aromatic heterocycles. The van der Waals surface area contributed by atoms with Crippen LogP contribution >= 0.6 is 0 Å². The Bertz CT molecular complexity index is 1030. The SMILES string of the molecule is Cc1ccc(N2Cc3ccccc3C2)cc1.Cc1ncc2ccncc2n1. The first kappa shape index (κ1) is 17.2. The summed E-state index contributed by atoms with van der Waals surface area (Å²) in [5.74, 6) is 0.783. The van der Waals surface area contributed by atoms with Crippen LogP contribution in [0.3, 0.4) is 0 Å². The molecule has 4 aromatic rings. The zero-order chi connectivity index (χ0) is 18.6. The maximum atomic E-state index is 4.20. The van der Waals surface area contributed by atoms with Gasteiger partial charge in [-0.2, -0.15) is 0 Å². The van der Waals surface area contributed by atoms with Crippen LogP contribution in [0.1, 0.15) is 22.5 Å². The van der Waals surface area contributed by atoms with Crippen LogP contribution in [0.15, 0.2) is 73.2 Å². The summed E-state index contributed by atoms with van der Waals surface area (Å²) in [4.78, 5) is 14.7. The summed E-state index contributed by atoms with van der Waals surface area (Å²) in [5.41, 5.74) is 6.47. The molecule has 0 aliphatic carbocycles. The van der Waals surface area contributed by atoms with Gasteiger partial charge < -0.3 is 4.90 Å². The molecule has 4 nitrogen and oxygen atoms in total. The second kappa shape index (κ2) is 7.54. The van der Waals surface area contributed by atoms with Gasteiger partial charge in [-0.1, -0.05) is 42.0 Å². The second-order valence-electron chi connectivity index (χ2n) is 6.81. The molecule has 1 aliphatic rings. The van der Waals surface area contributed by atoms with Gasteiger partial charge in [-0.25, -0.2) is 9.97 Å². The third kappa shape index (κ3) is 3.95. The third-order valence-electron chi connectivity index (χ3n) is 4.75. The molecule has 134 valence electrons. The summed E-state index contributed by atoms with van der Waals surface area (Å²) < 4.78 is 0. The standard InChI is InChI=1S/C15H15N.C8H7N3/c1-12-6-8-15(9-7-12)16-10-13-4-2-3-5-14(13)11-16;1-6-10-4-7-2-3-9-5-8(7)11-6/h2-9H,10-11H2,1H3;2-5H,1H3. The van der Waals surface area contributed by atoms with E-state index in [1.54, 1.807) is 18.6 Å². The Hall–Kier alpha value is -3.27. The van der Waals surface area contributed by atoms with E-state index in [4.69, 9.17) is 0 Å². The first-order chi connectivity index (χ1) is 13.2. The Morgan fingerprint density at radius 3 is 2.22 bits per heavy atom. The largest absolute Gasteiger partial charge is 0.363 e. The summed E-state index contributed by atoms with van der Waals surface area (Å²) in [7, 11) is 0. The fourth-order valence-electron chi connectivity index (χ4n) is 3.24. The van der Waals surface area contributed by atoms with Gasteiger partial charge in [0, 0.05) is 36.6 Å². The molecular weight excluding hydrogens is 332 g/mol. The maximum absolute atomic E-state index is 4.20. The van der Waals surface area contributed by atoms with E-state index in [1.807, 2.05) is 13.0 Å². The van der Waals surface area contributed by atoms with Crippen molar-refractivity contribution < 1.29 is 0 Å². The summed E-state index contributed by atoms with van der Waals surface area (Å²) >= 11 is 0. The number of hydrogen-bond acceptors (Lipinski definition) is 4. The van der Waals surface area contributed by atoms with E-state index >= 15 is 0 Å². The van der Waals surface area contributed by atoms with Gasteiger partial charge in [0.2, 0.25) is 0 Å². The minimum absolute atomic E-state index is 0.783. The molecule has 3 heterocycles. The number of nitrogens with zero attached hydrogens (tertiary/aromatic N) is 4. The van der Waals surface area contributed by atoms with Crippen molar-refractivity contribution in [3.05, 3.63) is 95.7 Å². The number of anilines is 1. The first-order valence-electron chi connectivity index (χ1n) is 9.11. The average molecular weight is 354 g/mol. The van der Waals surface area contributed by atoms with Crippen LogP contribution in [0.2, 0.25) is 0 Å². The molecule has 0 unspecified atom stereocenters. The van der Waals surface area contributed by atoms with Crippen molar-refractivity contribution >= 4 is 16.6 Å². The number of hydrogen-bond donors (Lipinski definition) is 0. The molecule has 1 aliphatic heterocycles. The third-order valence-corrected chi connectivity index (χ3v) is 4.75. The van der Waals surface area contributed by atoms with Crippen molar-refractivity contribution in [1.82, 2.24) is 15.0 Å². The van der Waals surface area contributed by atoms with E-state index in [2.05, 4.69) is 75.3 Å². The molecule has 0 N–H and O–H groups in total. The second-order valence-corrected chi connectivity index (χ2v) is 6.81. The van der Waals surface area contributed by atoms with Gasteiger partial charge in [-0.3, -0.25) is 4.98 Å². The molecule has 27 heavy (non-hydrogen) atoms. The number of aryl methyl sites for hydroxylation is 2. The summed E-state index contributed by atoms with van der Waals surface area (Å²) in [5, 5.41) is 1.03. The molecule has 4 heteroatoms. The molecule has 0 spiro atoms. The quantitative estimate of drug-likeness (QED) is 0.490. The fraction of sp³-hybridized carbons (Fsp3) is 0.174. The minimum Gasteiger partial charge on any atom is -0.363 e. The molecule has 0 saturated carbocycles. The van der Waals surface area contributed by atoms with Crippen LogP contribution in [-0.4, -0.2) is 15.0 Å². The van der Waals surface area contributed by atoms with E-state index in [0.717, 1.165) is 29.8 Å². The van der Waals surface area contributed by atoms with E-state index in [9.17, 15) is 0 Å². The number of benzene rings is 2. The Labute approximate surface area is 159 Å². The highest BCUT2D eigenvalue weighted by Crippen LogP contribution is 2.27. The lowest BCUT2D eigenvalue weighted by atomic mass is 10.1. The molecule has 0 radical (unpaired) electrons. The van der Waals surface area contributed by atoms with E-state index in [-0.39, 0.29) is 0 Å². The Morgan fingerprint density at radius 2 is 1.52 bits per heavy atom. The van der Waals surface area contributed by atoms with Crippen LogP contribution in [0.25, 0.3) is 10.9 Å². The van der Waals surface area contributed by atoms with E-state index < -0.39 is 0 Å². The van der Waals surface area contributed by atoms with Crippen molar-refractivity contribution in [2.75, 3.05) is 4.90 Å². The van der Waals surface area contributed by atoms with Gasteiger partial charge in [0.05, 0.1) is 11.7 Å². The zero-order valence-corrected chi connectivity index (χ0v) is 15.6. The van der Waals surface area contributed by atoms with Crippen molar-refractivity contribution in [3.63, 3.8) is 0 Å². The topological polar surface area (TPSA) is 41.9 Å². The Balaban J connectivity index is 0.000000143. The van der Waals surface area contributed by atoms with Crippen molar-refractivity contribution in [1.29, 1.82) is 0 Å². The predicted molar refractivity (Wildman–Crippen MR) is 110 cm³/mol. The monoisotopic (exact) mass is 354 g/mol. The van der Waals surface area contributed by atoms with Gasteiger partial charge in [0.25, 0.3) is 0 Å². The summed E-state index contributed by atoms with van der Waals surface area (Å²) in [6, 6.07) is 19.4. The Morgan fingerprint density at radius 1 is 0.815 bits per heavy atom. The number of pyridine rings is 1. The summed E-state index contributed by atoms with van der Waals surface area (Å²) in [6.07, 6.45) is 5.28. The van der Waals surface area contributed by atoms with Crippen molar-refractivity contribution in [2.45, 2.75) is 26.9 Å². The highest BCUT2D eigenvalue weighted by Gasteiger charge is 2.17. The number of fused-ring (bicyclic) bond motifs is 2. The Kier molecular flexibility index (Phi) is 4.79. The van der Waals surface area contributed by atoms with Crippen molar-refractivity contribution in [2.24, 2.45) is 0 Å². The fourth-order valence-corrected chi connectivity index (χ4v) is 3.24. The van der Waals surface area contributed by atoms with E-state index in [0.29, 0.717) is 0 Å². The van der Waals surface area contributed by atoms with Crippen LogP contribution < -0.4 is 4.90 Å². The van der Waals surface area contributed by atoms with Crippen molar-refractivity contribution in [3.8, 4) is 0 Å². The van der Waals surface area contributed by atoms with Gasteiger partial charge in [0.1, 0.15) is 5.82 Å². The van der Waals surface area contributed by atoms with Gasteiger partial charge in [-0.05, 0) is 43.2 Å². The van der Waals surface area contributed by atoms with Crippen LogP contribution in [0.4, 0.5) is 5.69 Å². The smallest absolute Gasteiger partial charge is 0.125 e. The number of rotatable bonds is 1. The molecule has 0 saturated heterocycles. The molecule has 0 fully saturated rings. The van der Waals surface area contributed by atoms with Gasteiger partial charge in [0.15, 0.2) is 0 Å². The molecule has 5 rings (SSSR count). The van der Waals surface area contributed by atoms with Crippen LogP contribution in [0.5, 0.6) is 0 Å². The van der Waals surface area contributed by atoms with E-state index in [1.165, 1.54) is 22.4 Å². The highest BCUT2D eigenvalue weighted by atomic mass is 15.1. The normalized spacial score (nSPS) is 12.4.